The van der Waals surface area contributed by atoms with Gasteiger partial charge in [0.2, 0.25) is 0 Å². The van der Waals surface area contributed by atoms with Gasteiger partial charge in [-0.1, -0.05) is 77.9 Å². The molecule has 0 heterocycles. The maximum Gasteiger partial charge on any atom is 0.341 e. The van der Waals surface area contributed by atoms with Crippen LogP contribution in [0.4, 0.5) is 0 Å². The number of benzene rings is 6. The summed E-state index contributed by atoms with van der Waals surface area (Å²) in [5, 5.41) is 56.0. The van der Waals surface area contributed by atoms with E-state index in [2.05, 4.69) is 41.5 Å². The minimum Gasteiger partial charge on any atom is -0.508 e. The molecular weight excluding hydrogens is 913 g/mol. The van der Waals surface area contributed by atoms with Gasteiger partial charge < -0.3 is 44.8 Å². The Morgan fingerprint density at radius 1 is 0.375 bits per heavy atom. The smallest absolute Gasteiger partial charge is 0.341 e. The van der Waals surface area contributed by atoms with Crippen molar-refractivity contribution in [3.05, 3.63) is 174 Å². The van der Waals surface area contributed by atoms with Crippen molar-refractivity contribution in [3.63, 3.8) is 0 Å². The fourth-order valence-electron chi connectivity index (χ4n) is 8.52. The van der Waals surface area contributed by atoms with Crippen molar-refractivity contribution in [2.45, 2.75) is 120 Å². The number of carboxylic acid groups (broad SMARTS) is 3. The second-order valence-corrected chi connectivity index (χ2v) is 19.3. The molecule has 12 nitrogen and oxygen atoms in total. The Morgan fingerprint density at radius 3 is 0.764 bits per heavy atom. The molecule has 6 aromatic rings. The van der Waals surface area contributed by atoms with E-state index in [1.54, 1.807) is 18.2 Å². The third-order valence-corrected chi connectivity index (χ3v) is 12.4. The molecule has 0 radical (unpaired) electrons. The number of rotatable bonds is 18. The van der Waals surface area contributed by atoms with E-state index in [-0.39, 0.29) is 37.6 Å². The van der Waals surface area contributed by atoms with Gasteiger partial charge in [-0.3, -0.25) is 0 Å². The van der Waals surface area contributed by atoms with Gasteiger partial charge in [-0.25, -0.2) is 14.4 Å². The number of aliphatic carboxylic acids is 3. The van der Waals surface area contributed by atoms with E-state index >= 15 is 0 Å². The van der Waals surface area contributed by atoms with Gasteiger partial charge in [0.25, 0.3) is 0 Å². The molecule has 0 fully saturated rings. The van der Waals surface area contributed by atoms with E-state index in [0.717, 1.165) is 86.0 Å². The minimum atomic E-state index is -0.986. The highest BCUT2D eigenvalue weighted by Gasteiger charge is 2.15. The van der Waals surface area contributed by atoms with Crippen LogP contribution in [0.15, 0.2) is 91.0 Å². The van der Waals surface area contributed by atoms with E-state index in [4.69, 9.17) is 29.5 Å². The fourth-order valence-corrected chi connectivity index (χ4v) is 8.52. The van der Waals surface area contributed by atoms with Gasteiger partial charge in [-0.2, -0.15) is 0 Å². The van der Waals surface area contributed by atoms with Crippen LogP contribution in [-0.4, -0.2) is 68.4 Å². The Labute approximate surface area is 424 Å². The van der Waals surface area contributed by atoms with Gasteiger partial charge in [0, 0.05) is 0 Å². The molecule has 0 unspecified atom stereocenters. The summed E-state index contributed by atoms with van der Waals surface area (Å²) >= 11 is 0. The molecule has 0 atom stereocenters. The predicted molar refractivity (Wildman–Crippen MR) is 282 cm³/mol. The summed E-state index contributed by atoms with van der Waals surface area (Å²) in [6.07, 6.45) is 2.28. The zero-order valence-corrected chi connectivity index (χ0v) is 43.8. The van der Waals surface area contributed by atoms with Crippen molar-refractivity contribution in [1.29, 1.82) is 0 Å². The molecular formula is C60H72O12. The third kappa shape index (κ3) is 16.9. The molecule has 0 aliphatic carbocycles. The standard InChI is InChI=1S/3C20H24O4/c3*1-12(2)17-9-15(5-6-19(17)21)10-18-13(3)7-16(8-14(18)4)24-11-20(22)23/h3*5-9,12,21H,10-11H2,1-4H3,(H,22,23). The maximum absolute atomic E-state index is 10.6. The van der Waals surface area contributed by atoms with Crippen LogP contribution in [0.25, 0.3) is 0 Å². The topological polar surface area (TPSA) is 200 Å². The average molecular weight is 985 g/mol. The molecule has 72 heavy (non-hydrogen) atoms. The predicted octanol–water partition coefficient (Wildman–Crippen LogP) is 12.6. The van der Waals surface area contributed by atoms with Crippen molar-refractivity contribution in [1.82, 2.24) is 0 Å². The number of aryl methyl sites for hydroxylation is 6. The Kier molecular flexibility index (Phi) is 20.7. The molecule has 0 saturated heterocycles. The first-order valence-electron chi connectivity index (χ1n) is 24.1. The van der Waals surface area contributed by atoms with Gasteiger partial charge in [0.05, 0.1) is 0 Å². The van der Waals surface area contributed by atoms with E-state index in [1.165, 1.54) is 16.7 Å². The van der Waals surface area contributed by atoms with Crippen LogP contribution in [0, 0.1) is 41.5 Å². The molecule has 6 N–H and O–H groups in total. The van der Waals surface area contributed by atoms with E-state index in [9.17, 15) is 29.7 Å². The first-order valence-corrected chi connectivity index (χ1v) is 24.1. The first-order chi connectivity index (χ1) is 33.8. The lowest BCUT2D eigenvalue weighted by atomic mass is 9.93. The SMILES string of the molecule is Cc1cc(OCC(=O)O)cc(C)c1Cc1ccc(O)c(C(C)C)c1.Cc1cc(OCC(=O)O)cc(C)c1Cc1ccc(O)c(C(C)C)c1.Cc1cc(OCC(=O)O)cc(C)c1Cc1ccc(O)c(C(C)C)c1. The van der Waals surface area contributed by atoms with Gasteiger partial charge in [0.1, 0.15) is 34.5 Å². The number of hydrogen-bond acceptors (Lipinski definition) is 9. The second-order valence-electron chi connectivity index (χ2n) is 19.3. The molecule has 0 spiro atoms. The monoisotopic (exact) mass is 985 g/mol. The second kappa shape index (κ2) is 26.1. The van der Waals surface area contributed by atoms with Crippen LogP contribution in [0.2, 0.25) is 0 Å². The van der Waals surface area contributed by atoms with Gasteiger partial charge in [-0.15, -0.1) is 0 Å². The van der Waals surface area contributed by atoms with E-state index < -0.39 is 17.9 Å². The molecule has 0 saturated carbocycles. The zero-order valence-electron chi connectivity index (χ0n) is 43.8. The quantitative estimate of drug-likeness (QED) is 0.0477. The molecule has 0 aromatic heterocycles. The molecule has 6 rings (SSSR count). The third-order valence-electron chi connectivity index (χ3n) is 12.4. The van der Waals surface area contributed by atoms with Gasteiger partial charge in [0.15, 0.2) is 19.8 Å². The van der Waals surface area contributed by atoms with Crippen molar-refractivity contribution in [2.75, 3.05) is 19.8 Å². The summed E-state index contributed by atoms with van der Waals surface area (Å²) in [5.74, 6) is 0.550. The molecule has 0 bridgehead atoms. The number of aromatic hydroxyl groups is 3. The van der Waals surface area contributed by atoms with Crippen LogP contribution < -0.4 is 14.2 Å². The summed E-state index contributed by atoms with van der Waals surface area (Å²) in [4.78, 5) is 31.9. The lowest BCUT2D eigenvalue weighted by Gasteiger charge is -2.15. The van der Waals surface area contributed by atoms with Crippen molar-refractivity contribution in [2.24, 2.45) is 0 Å². The van der Waals surface area contributed by atoms with Crippen molar-refractivity contribution in [3.8, 4) is 34.5 Å². The maximum atomic E-state index is 10.6. The highest BCUT2D eigenvalue weighted by molar-refractivity contribution is 5.69. The normalized spacial score (nSPS) is 10.9. The Balaban J connectivity index is 0.000000234. The van der Waals surface area contributed by atoms with Gasteiger partial charge in [-0.05, 0) is 217 Å². The van der Waals surface area contributed by atoms with Crippen LogP contribution in [0.1, 0.15) is 143 Å². The van der Waals surface area contributed by atoms with E-state index in [1.807, 2.05) is 114 Å². The number of phenolic OH excluding ortho intramolecular Hbond substituents is 3. The summed E-state index contributed by atoms with van der Waals surface area (Å²) in [7, 11) is 0. The highest BCUT2D eigenvalue weighted by atomic mass is 16.5. The Morgan fingerprint density at radius 2 is 0.583 bits per heavy atom. The largest absolute Gasteiger partial charge is 0.508 e. The first kappa shape index (κ1) is 57.1. The molecule has 384 valence electrons. The number of ether oxygens (including phenoxy) is 3. The number of hydrogen-bond donors (Lipinski definition) is 6. The zero-order chi connectivity index (χ0) is 53.6. The Bertz CT molecular complexity index is 2480. The molecule has 12 heteroatoms. The summed E-state index contributed by atoms with van der Waals surface area (Å²) in [6, 6.07) is 28.4. The van der Waals surface area contributed by atoms with Crippen molar-refractivity contribution < 1.29 is 59.2 Å². The number of phenols is 3. The van der Waals surface area contributed by atoms with Crippen LogP contribution >= 0.6 is 0 Å². The number of carbonyl (C=O) groups is 3. The van der Waals surface area contributed by atoms with Crippen LogP contribution in [0.5, 0.6) is 34.5 Å². The lowest BCUT2D eigenvalue weighted by molar-refractivity contribution is -0.140. The Hall–Kier alpha value is -7.47. The summed E-state index contributed by atoms with van der Waals surface area (Å²) in [5.41, 5.74) is 16.2. The molecule has 0 aliphatic heterocycles. The number of carboxylic acids is 3. The average Bonchev–Trinajstić information content (AvgIpc) is 3.29. The van der Waals surface area contributed by atoms with Crippen LogP contribution in [0.3, 0.4) is 0 Å². The molecule has 6 aromatic carbocycles. The molecule has 0 aliphatic rings. The van der Waals surface area contributed by atoms with Gasteiger partial charge >= 0.3 is 17.9 Å². The fraction of sp³-hybridized carbons (Fsp3) is 0.350. The van der Waals surface area contributed by atoms with Crippen LogP contribution in [-0.2, 0) is 33.6 Å². The minimum absolute atomic E-state index is 0.263. The highest BCUT2D eigenvalue weighted by Crippen LogP contribution is 2.33. The summed E-state index contributed by atoms with van der Waals surface area (Å²) < 4.78 is 15.8. The van der Waals surface area contributed by atoms with E-state index in [0.29, 0.717) is 34.5 Å². The lowest BCUT2D eigenvalue weighted by Crippen LogP contribution is -2.10. The summed E-state index contributed by atoms with van der Waals surface area (Å²) in [6.45, 7) is 23.3. The molecule has 0 amide bonds. The van der Waals surface area contributed by atoms with Crippen molar-refractivity contribution >= 4 is 17.9 Å².